The topological polar surface area (TPSA) is 102 Å². The van der Waals surface area contributed by atoms with Crippen LogP contribution < -0.4 is 4.90 Å². The molecule has 1 saturated heterocycles. The first-order valence-corrected chi connectivity index (χ1v) is 11.9. The fourth-order valence-electron chi connectivity index (χ4n) is 3.45. The molecule has 10 heteroatoms. The summed E-state index contributed by atoms with van der Waals surface area (Å²) in [5.41, 5.74) is 1.62. The molecule has 2 aromatic carbocycles. The summed E-state index contributed by atoms with van der Waals surface area (Å²) in [6, 6.07) is 13.9. The second-order valence-electron chi connectivity index (χ2n) is 7.63. The zero-order valence-electron chi connectivity index (χ0n) is 18.4. The first-order valence-electron chi connectivity index (χ1n) is 10.4. The van der Waals surface area contributed by atoms with Crippen molar-refractivity contribution in [1.82, 2.24) is 9.29 Å². The average molecular weight is 472 g/mol. The van der Waals surface area contributed by atoms with Crippen LogP contribution in [0.1, 0.15) is 16.2 Å². The second kappa shape index (κ2) is 9.74. The minimum absolute atomic E-state index is 0.0129. The van der Waals surface area contributed by atoms with Crippen LogP contribution in [0.5, 0.6) is 0 Å². The number of esters is 1. The molecule has 1 aromatic heterocycles. The lowest BCUT2D eigenvalue weighted by molar-refractivity contribution is 0.0438. The van der Waals surface area contributed by atoms with Crippen LogP contribution in [0.2, 0.25) is 0 Å². The molecule has 174 valence electrons. The van der Waals surface area contributed by atoms with Gasteiger partial charge >= 0.3 is 5.97 Å². The molecule has 2 heterocycles. The Morgan fingerprint density at radius 2 is 1.85 bits per heavy atom. The number of sulfonamides is 1. The summed E-state index contributed by atoms with van der Waals surface area (Å²) in [5, 5.41) is 0. The zero-order chi connectivity index (χ0) is 23.4. The van der Waals surface area contributed by atoms with E-state index in [-0.39, 0.29) is 23.0 Å². The molecular formula is C23H25N3O6S. The lowest BCUT2D eigenvalue weighted by atomic mass is 10.1. The van der Waals surface area contributed by atoms with E-state index in [0.717, 1.165) is 9.87 Å². The van der Waals surface area contributed by atoms with Crippen LogP contribution in [-0.4, -0.2) is 64.1 Å². The van der Waals surface area contributed by atoms with E-state index in [1.54, 1.807) is 12.3 Å². The van der Waals surface area contributed by atoms with Crippen molar-refractivity contribution in [2.75, 3.05) is 45.3 Å². The molecule has 0 bridgehead atoms. The van der Waals surface area contributed by atoms with Crippen molar-refractivity contribution in [3.8, 4) is 11.3 Å². The van der Waals surface area contributed by atoms with E-state index in [9.17, 15) is 13.2 Å². The summed E-state index contributed by atoms with van der Waals surface area (Å²) < 4.78 is 42.9. The van der Waals surface area contributed by atoms with Crippen LogP contribution in [0.4, 0.5) is 5.69 Å². The number of carbonyl (C=O) groups excluding carboxylic acids is 1. The molecular weight excluding hydrogens is 446 g/mol. The van der Waals surface area contributed by atoms with Gasteiger partial charge in [-0.05, 0) is 18.2 Å². The van der Waals surface area contributed by atoms with E-state index in [4.69, 9.17) is 13.9 Å². The monoisotopic (exact) mass is 471 g/mol. The van der Waals surface area contributed by atoms with E-state index in [0.29, 0.717) is 37.8 Å². The highest BCUT2D eigenvalue weighted by Crippen LogP contribution is 2.27. The fourth-order valence-corrected chi connectivity index (χ4v) is 4.38. The molecule has 0 amide bonds. The van der Waals surface area contributed by atoms with Crippen LogP contribution in [0.25, 0.3) is 11.3 Å². The first kappa shape index (κ1) is 23.0. The summed E-state index contributed by atoms with van der Waals surface area (Å²) in [6.07, 6.45) is 1.57. The molecule has 0 radical (unpaired) electrons. The third kappa shape index (κ3) is 5.08. The Morgan fingerprint density at radius 3 is 2.55 bits per heavy atom. The van der Waals surface area contributed by atoms with E-state index in [1.165, 1.54) is 26.2 Å². The number of rotatable bonds is 7. The van der Waals surface area contributed by atoms with Crippen molar-refractivity contribution in [1.29, 1.82) is 0 Å². The maximum Gasteiger partial charge on any atom is 0.340 e. The maximum atomic E-state index is 13.0. The number of anilines is 1. The minimum atomic E-state index is -3.72. The number of benzene rings is 2. The SMILES string of the molecule is CN(C)S(=O)(=O)c1ccc(N2CCOCC2)c(C(=O)OCc2ncc(-c3ccccc3)o2)c1. The van der Waals surface area contributed by atoms with Gasteiger partial charge in [0.15, 0.2) is 12.4 Å². The Morgan fingerprint density at radius 1 is 1.12 bits per heavy atom. The summed E-state index contributed by atoms with van der Waals surface area (Å²) in [5.74, 6) is 0.147. The van der Waals surface area contributed by atoms with Gasteiger partial charge in [0, 0.05) is 32.7 Å². The molecule has 33 heavy (non-hydrogen) atoms. The molecule has 0 saturated carbocycles. The number of oxazole rings is 1. The summed E-state index contributed by atoms with van der Waals surface area (Å²) >= 11 is 0. The van der Waals surface area contributed by atoms with E-state index in [2.05, 4.69) is 4.98 Å². The normalized spacial score (nSPS) is 14.5. The molecule has 9 nitrogen and oxygen atoms in total. The van der Waals surface area contributed by atoms with Gasteiger partial charge in [-0.25, -0.2) is 22.5 Å². The van der Waals surface area contributed by atoms with Crippen molar-refractivity contribution < 1.29 is 27.1 Å². The van der Waals surface area contributed by atoms with Gasteiger partial charge in [0.25, 0.3) is 0 Å². The largest absolute Gasteiger partial charge is 0.452 e. The summed E-state index contributed by atoms with van der Waals surface area (Å²) in [4.78, 5) is 19.2. The lowest BCUT2D eigenvalue weighted by Gasteiger charge is -2.30. The van der Waals surface area contributed by atoms with Crippen LogP contribution in [0.3, 0.4) is 0 Å². The lowest BCUT2D eigenvalue weighted by Crippen LogP contribution is -2.37. The van der Waals surface area contributed by atoms with Gasteiger partial charge in [-0.3, -0.25) is 0 Å². The molecule has 0 aliphatic carbocycles. The first-order chi connectivity index (χ1) is 15.9. The zero-order valence-corrected chi connectivity index (χ0v) is 19.2. The van der Waals surface area contributed by atoms with Crippen molar-refractivity contribution in [3.05, 3.63) is 66.2 Å². The second-order valence-corrected chi connectivity index (χ2v) is 9.78. The van der Waals surface area contributed by atoms with Crippen LogP contribution in [0, 0.1) is 0 Å². The highest BCUT2D eigenvalue weighted by molar-refractivity contribution is 7.89. The van der Waals surface area contributed by atoms with Gasteiger partial charge in [-0.2, -0.15) is 0 Å². The molecule has 1 aliphatic heterocycles. The summed E-state index contributed by atoms with van der Waals surface area (Å²) in [7, 11) is -0.842. The Labute approximate surface area is 192 Å². The number of aromatic nitrogens is 1. The van der Waals surface area contributed by atoms with Crippen molar-refractivity contribution in [2.24, 2.45) is 0 Å². The Balaban J connectivity index is 1.57. The molecule has 1 fully saturated rings. The van der Waals surface area contributed by atoms with Gasteiger partial charge in [-0.15, -0.1) is 0 Å². The highest BCUT2D eigenvalue weighted by Gasteiger charge is 2.25. The molecule has 0 N–H and O–H groups in total. The van der Waals surface area contributed by atoms with Gasteiger partial charge in [0.05, 0.1) is 35.6 Å². The van der Waals surface area contributed by atoms with Crippen molar-refractivity contribution in [2.45, 2.75) is 11.5 Å². The number of morpholine rings is 1. The van der Waals surface area contributed by atoms with Gasteiger partial charge in [0.1, 0.15) is 0 Å². The van der Waals surface area contributed by atoms with E-state index < -0.39 is 16.0 Å². The molecule has 0 atom stereocenters. The third-order valence-electron chi connectivity index (χ3n) is 5.26. The number of nitrogens with zero attached hydrogens (tertiary/aromatic N) is 3. The quantitative estimate of drug-likeness (QED) is 0.485. The van der Waals surface area contributed by atoms with Crippen LogP contribution in [-0.2, 0) is 26.1 Å². The predicted octanol–water partition coefficient (Wildman–Crippen LogP) is 2.79. The average Bonchev–Trinajstić information content (AvgIpc) is 3.32. The Kier molecular flexibility index (Phi) is 6.77. The minimum Gasteiger partial charge on any atom is -0.452 e. The number of hydrogen-bond acceptors (Lipinski definition) is 8. The Hall–Kier alpha value is -3.21. The fraction of sp³-hybridized carbons (Fsp3) is 0.304. The molecule has 3 aromatic rings. The highest BCUT2D eigenvalue weighted by atomic mass is 32.2. The van der Waals surface area contributed by atoms with Gasteiger partial charge < -0.3 is 18.8 Å². The molecule has 4 rings (SSSR count). The Bertz CT molecular complexity index is 1220. The number of ether oxygens (including phenoxy) is 2. The number of hydrogen-bond donors (Lipinski definition) is 0. The molecule has 1 aliphatic rings. The number of carbonyl (C=O) groups is 1. The molecule has 0 unspecified atom stereocenters. The van der Waals surface area contributed by atoms with Crippen LogP contribution in [0.15, 0.2) is 64.0 Å². The third-order valence-corrected chi connectivity index (χ3v) is 7.07. The van der Waals surface area contributed by atoms with E-state index >= 15 is 0 Å². The van der Waals surface area contributed by atoms with Crippen LogP contribution >= 0.6 is 0 Å². The van der Waals surface area contributed by atoms with E-state index in [1.807, 2.05) is 35.2 Å². The smallest absolute Gasteiger partial charge is 0.340 e. The van der Waals surface area contributed by atoms with Crippen molar-refractivity contribution in [3.63, 3.8) is 0 Å². The van der Waals surface area contributed by atoms with Gasteiger partial charge in [0.2, 0.25) is 15.9 Å². The maximum absolute atomic E-state index is 13.0. The van der Waals surface area contributed by atoms with Gasteiger partial charge in [-0.1, -0.05) is 30.3 Å². The summed E-state index contributed by atoms with van der Waals surface area (Å²) in [6.45, 7) is 2.02. The molecule has 0 spiro atoms. The van der Waals surface area contributed by atoms with Crippen molar-refractivity contribution >= 4 is 21.7 Å². The predicted molar refractivity (Wildman–Crippen MR) is 121 cm³/mol. The standard InChI is InChI=1S/C23H25N3O6S/c1-25(2)33(28,29)18-8-9-20(26-10-12-30-13-11-26)19(14-18)23(27)31-16-22-24-15-21(32-22)17-6-4-3-5-7-17/h3-9,14-15H,10-13,16H2,1-2H3.